The Morgan fingerprint density at radius 3 is 2.22 bits per heavy atom. The minimum absolute atomic E-state index is 0.265. The monoisotopic (exact) mass is 377 g/mol. The van der Waals surface area contributed by atoms with Gasteiger partial charge in [0.2, 0.25) is 0 Å². The van der Waals surface area contributed by atoms with E-state index in [1.54, 1.807) is 7.11 Å². The van der Waals surface area contributed by atoms with Crippen molar-refractivity contribution in [3.05, 3.63) is 21.1 Å². The molecule has 18 heavy (non-hydrogen) atoms. The Balaban J connectivity index is 2.07. The van der Waals surface area contributed by atoms with Crippen molar-refractivity contribution in [3.63, 3.8) is 0 Å². The van der Waals surface area contributed by atoms with E-state index in [0.29, 0.717) is 6.04 Å². The van der Waals surface area contributed by atoms with Crippen LogP contribution in [-0.4, -0.2) is 19.3 Å². The maximum Gasteiger partial charge on any atom is 0.135 e. The molecule has 1 aromatic rings. The molecule has 1 fully saturated rings. The zero-order chi connectivity index (χ0) is 13.1. The molecule has 0 atom stereocenters. The van der Waals surface area contributed by atoms with Crippen LogP contribution < -0.4 is 15.2 Å². The number of methoxy groups -OCH3 is 1. The van der Waals surface area contributed by atoms with Gasteiger partial charge in [-0.15, -0.1) is 0 Å². The Hall–Kier alpha value is -0.260. The van der Waals surface area contributed by atoms with E-state index in [0.717, 1.165) is 46.1 Å². The van der Waals surface area contributed by atoms with Crippen molar-refractivity contribution in [1.82, 2.24) is 0 Å². The molecular formula is C13H17Br2NO2. The molecule has 0 amide bonds. The Morgan fingerprint density at radius 2 is 1.61 bits per heavy atom. The summed E-state index contributed by atoms with van der Waals surface area (Å²) >= 11 is 6.98. The number of benzene rings is 1. The molecule has 0 bridgehead atoms. The molecule has 0 unspecified atom stereocenters. The lowest BCUT2D eigenvalue weighted by Crippen LogP contribution is -2.31. The van der Waals surface area contributed by atoms with Crippen LogP contribution in [0.3, 0.4) is 0 Å². The van der Waals surface area contributed by atoms with Gasteiger partial charge in [-0.1, -0.05) is 0 Å². The zero-order valence-electron chi connectivity index (χ0n) is 10.3. The first-order valence-corrected chi connectivity index (χ1v) is 7.64. The van der Waals surface area contributed by atoms with E-state index in [4.69, 9.17) is 15.2 Å². The standard InChI is InChI=1S/C13H17Br2NO2/c1-17-12-6-11(15)13(7-10(12)14)18-9-4-2-8(16)3-5-9/h6-9H,2-5,16H2,1H3. The first-order chi connectivity index (χ1) is 8.60. The molecule has 0 aromatic heterocycles. The number of hydrogen-bond acceptors (Lipinski definition) is 3. The van der Waals surface area contributed by atoms with Crippen molar-refractivity contribution in [2.75, 3.05) is 7.11 Å². The maximum absolute atomic E-state index is 6.03. The van der Waals surface area contributed by atoms with Gasteiger partial charge in [-0.2, -0.15) is 0 Å². The summed E-state index contributed by atoms with van der Waals surface area (Å²) < 4.78 is 13.1. The lowest BCUT2D eigenvalue weighted by atomic mass is 9.94. The largest absolute Gasteiger partial charge is 0.496 e. The second-order valence-electron chi connectivity index (χ2n) is 4.57. The number of rotatable bonds is 3. The highest BCUT2D eigenvalue weighted by Crippen LogP contribution is 2.37. The first kappa shape index (κ1) is 14.2. The molecule has 0 heterocycles. The molecule has 2 rings (SSSR count). The fraction of sp³-hybridized carbons (Fsp3) is 0.538. The van der Waals surface area contributed by atoms with Crippen LogP contribution in [0.15, 0.2) is 21.1 Å². The van der Waals surface area contributed by atoms with Crippen molar-refractivity contribution >= 4 is 31.9 Å². The van der Waals surface area contributed by atoms with Gasteiger partial charge in [0.05, 0.1) is 22.2 Å². The molecule has 0 saturated heterocycles. The second-order valence-corrected chi connectivity index (χ2v) is 6.28. The second kappa shape index (κ2) is 6.26. The van der Waals surface area contributed by atoms with E-state index < -0.39 is 0 Å². The highest BCUT2D eigenvalue weighted by atomic mass is 79.9. The predicted molar refractivity (Wildman–Crippen MR) is 79.3 cm³/mol. The minimum atomic E-state index is 0.265. The van der Waals surface area contributed by atoms with E-state index in [1.165, 1.54) is 0 Å². The van der Waals surface area contributed by atoms with Gasteiger partial charge in [0.1, 0.15) is 11.5 Å². The quantitative estimate of drug-likeness (QED) is 0.868. The van der Waals surface area contributed by atoms with E-state index in [1.807, 2.05) is 12.1 Å². The molecule has 5 heteroatoms. The average molecular weight is 379 g/mol. The lowest BCUT2D eigenvalue weighted by molar-refractivity contribution is 0.146. The van der Waals surface area contributed by atoms with Crippen LogP contribution in [0.2, 0.25) is 0 Å². The van der Waals surface area contributed by atoms with Crippen molar-refractivity contribution in [2.24, 2.45) is 5.73 Å². The molecule has 3 nitrogen and oxygen atoms in total. The van der Waals surface area contributed by atoms with Gasteiger partial charge in [-0.05, 0) is 69.7 Å². The fourth-order valence-corrected chi connectivity index (χ4v) is 3.04. The van der Waals surface area contributed by atoms with Gasteiger partial charge in [-0.25, -0.2) is 0 Å². The molecule has 2 N–H and O–H groups in total. The highest BCUT2D eigenvalue weighted by molar-refractivity contribution is 9.11. The normalized spacial score (nSPS) is 23.8. The van der Waals surface area contributed by atoms with Crippen LogP contribution >= 0.6 is 31.9 Å². The molecule has 1 saturated carbocycles. The van der Waals surface area contributed by atoms with Gasteiger partial charge >= 0.3 is 0 Å². The molecule has 1 aliphatic rings. The third kappa shape index (κ3) is 3.39. The predicted octanol–water partition coefficient (Wildman–Crippen LogP) is 3.87. The lowest BCUT2D eigenvalue weighted by Gasteiger charge is -2.27. The summed E-state index contributed by atoms with van der Waals surface area (Å²) in [5.41, 5.74) is 5.89. The molecule has 0 spiro atoms. The minimum Gasteiger partial charge on any atom is -0.496 e. The van der Waals surface area contributed by atoms with Crippen LogP contribution in [0.4, 0.5) is 0 Å². The third-order valence-electron chi connectivity index (χ3n) is 3.22. The van der Waals surface area contributed by atoms with Gasteiger partial charge in [-0.3, -0.25) is 0 Å². The Labute approximate surface area is 124 Å². The van der Waals surface area contributed by atoms with Crippen molar-refractivity contribution < 1.29 is 9.47 Å². The first-order valence-electron chi connectivity index (χ1n) is 6.05. The van der Waals surface area contributed by atoms with Crippen molar-refractivity contribution in [3.8, 4) is 11.5 Å². The SMILES string of the molecule is COc1cc(Br)c(OC2CCC(N)CC2)cc1Br. The zero-order valence-corrected chi connectivity index (χ0v) is 13.5. The number of hydrogen-bond donors (Lipinski definition) is 1. The van der Waals surface area contributed by atoms with Crippen molar-refractivity contribution in [2.45, 2.75) is 37.8 Å². The summed E-state index contributed by atoms with van der Waals surface area (Å²) in [7, 11) is 1.65. The van der Waals surface area contributed by atoms with E-state index in [-0.39, 0.29) is 6.10 Å². The number of halogens is 2. The number of ether oxygens (including phenoxy) is 2. The van der Waals surface area contributed by atoms with Crippen LogP contribution in [0.25, 0.3) is 0 Å². The average Bonchev–Trinajstić information content (AvgIpc) is 2.36. The van der Waals surface area contributed by atoms with Gasteiger partial charge in [0.25, 0.3) is 0 Å². The summed E-state index contributed by atoms with van der Waals surface area (Å²) in [6.45, 7) is 0. The third-order valence-corrected chi connectivity index (χ3v) is 4.46. The Bertz CT molecular complexity index is 418. The topological polar surface area (TPSA) is 44.5 Å². The summed E-state index contributed by atoms with van der Waals surface area (Å²) in [6, 6.07) is 4.20. The van der Waals surface area contributed by atoms with Crippen LogP contribution in [0, 0.1) is 0 Å². The highest BCUT2D eigenvalue weighted by Gasteiger charge is 2.21. The van der Waals surface area contributed by atoms with Crippen LogP contribution in [-0.2, 0) is 0 Å². The molecular weight excluding hydrogens is 362 g/mol. The molecule has 0 radical (unpaired) electrons. The Morgan fingerprint density at radius 1 is 1.06 bits per heavy atom. The summed E-state index contributed by atoms with van der Waals surface area (Å²) in [6.07, 6.45) is 4.40. The van der Waals surface area contributed by atoms with Gasteiger partial charge in [0.15, 0.2) is 0 Å². The summed E-state index contributed by atoms with van der Waals surface area (Å²) in [5.74, 6) is 1.64. The van der Waals surface area contributed by atoms with E-state index >= 15 is 0 Å². The van der Waals surface area contributed by atoms with Crippen molar-refractivity contribution in [1.29, 1.82) is 0 Å². The molecule has 0 aliphatic heterocycles. The molecule has 100 valence electrons. The molecule has 1 aromatic carbocycles. The van der Waals surface area contributed by atoms with E-state index in [2.05, 4.69) is 31.9 Å². The smallest absolute Gasteiger partial charge is 0.135 e. The maximum atomic E-state index is 6.03. The molecule has 1 aliphatic carbocycles. The van der Waals surface area contributed by atoms with E-state index in [9.17, 15) is 0 Å². The summed E-state index contributed by atoms with van der Waals surface area (Å²) in [4.78, 5) is 0. The van der Waals surface area contributed by atoms with Crippen LogP contribution in [0.1, 0.15) is 25.7 Å². The van der Waals surface area contributed by atoms with Gasteiger partial charge < -0.3 is 15.2 Å². The number of nitrogens with two attached hydrogens (primary N) is 1. The van der Waals surface area contributed by atoms with Crippen LogP contribution in [0.5, 0.6) is 11.5 Å². The fourth-order valence-electron chi connectivity index (χ4n) is 2.14. The summed E-state index contributed by atoms with van der Waals surface area (Å²) in [5, 5.41) is 0. The van der Waals surface area contributed by atoms with Gasteiger partial charge in [0, 0.05) is 6.04 Å². The Kier molecular flexibility index (Phi) is 4.92.